The summed E-state index contributed by atoms with van der Waals surface area (Å²) in [6.45, 7) is 2.38. The van der Waals surface area contributed by atoms with Crippen molar-refractivity contribution < 1.29 is 24.1 Å². The van der Waals surface area contributed by atoms with Crippen LogP contribution in [-0.4, -0.2) is 43.4 Å². The second-order valence-electron chi connectivity index (χ2n) is 5.30. The number of hydrogen-bond donors (Lipinski definition) is 1. The number of rotatable bonds is 2. The van der Waals surface area contributed by atoms with Crippen molar-refractivity contribution in [2.75, 3.05) is 13.7 Å². The number of hydrogen-bond acceptors (Lipinski definition) is 5. The number of ether oxygens (including phenoxy) is 4. The Bertz CT molecular complexity index is 435. The van der Waals surface area contributed by atoms with Gasteiger partial charge >= 0.3 is 0 Å². The molecule has 2 aliphatic heterocycles. The summed E-state index contributed by atoms with van der Waals surface area (Å²) < 4.78 is 22.5. The van der Waals surface area contributed by atoms with Gasteiger partial charge in [-0.25, -0.2) is 0 Å². The monoisotopic (exact) mass is 280 g/mol. The normalized spacial score (nSPS) is 41.1. The van der Waals surface area contributed by atoms with Crippen LogP contribution in [0.2, 0.25) is 0 Å². The van der Waals surface area contributed by atoms with Crippen molar-refractivity contribution >= 4 is 0 Å². The third-order valence-corrected chi connectivity index (χ3v) is 4.01. The van der Waals surface area contributed by atoms with E-state index in [1.165, 1.54) is 7.11 Å². The highest BCUT2D eigenvalue weighted by Crippen LogP contribution is 2.36. The molecule has 1 aromatic carbocycles. The maximum atomic E-state index is 10.2. The Hall–Kier alpha value is -0.980. The van der Waals surface area contributed by atoms with E-state index in [9.17, 15) is 5.11 Å². The first kappa shape index (κ1) is 14.0. The Kier molecular flexibility index (Phi) is 4.05. The predicted molar refractivity (Wildman–Crippen MR) is 70.8 cm³/mol. The second-order valence-corrected chi connectivity index (χ2v) is 5.30. The van der Waals surface area contributed by atoms with Crippen molar-refractivity contribution in [2.24, 2.45) is 5.92 Å². The van der Waals surface area contributed by atoms with E-state index < -0.39 is 18.7 Å². The molecule has 110 valence electrons. The molecule has 0 aliphatic carbocycles. The van der Waals surface area contributed by atoms with Crippen LogP contribution in [0.4, 0.5) is 0 Å². The minimum atomic E-state index is -0.698. The topological polar surface area (TPSA) is 57.2 Å². The average molecular weight is 280 g/mol. The SMILES string of the molecule is CO[C@H]1O[C@@H]2COC(c3ccccc3)O[C@H]2[C@@H](C)[C@@H]1O. The zero-order valence-corrected chi connectivity index (χ0v) is 11.6. The van der Waals surface area contributed by atoms with Gasteiger partial charge in [-0.3, -0.25) is 0 Å². The van der Waals surface area contributed by atoms with Crippen LogP contribution < -0.4 is 0 Å². The molecule has 2 fully saturated rings. The van der Waals surface area contributed by atoms with Crippen LogP contribution in [0.3, 0.4) is 0 Å². The van der Waals surface area contributed by atoms with Gasteiger partial charge in [0.1, 0.15) is 12.2 Å². The molecule has 3 rings (SSSR count). The predicted octanol–water partition coefficient (Wildman–Crippen LogP) is 1.47. The van der Waals surface area contributed by atoms with E-state index in [0.29, 0.717) is 6.61 Å². The summed E-state index contributed by atoms with van der Waals surface area (Å²) in [6.07, 6.45) is -2.13. The zero-order valence-electron chi connectivity index (χ0n) is 11.6. The van der Waals surface area contributed by atoms with Gasteiger partial charge in [-0.05, 0) is 0 Å². The van der Waals surface area contributed by atoms with Gasteiger partial charge in [0.05, 0.1) is 12.7 Å². The first-order chi connectivity index (χ1) is 9.70. The molecule has 0 saturated carbocycles. The molecule has 0 radical (unpaired) electrons. The molecule has 2 saturated heterocycles. The van der Waals surface area contributed by atoms with Crippen molar-refractivity contribution in [2.45, 2.75) is 37.8 Å². The summed E-state index contributed by atoms with van der Waals surface area (Å²) in [4.78, 5) is 0. The van der Waals surface area contributed by atoms with Crippen LogP contribution in [0.25, 0.3) is 0 Å². The lowest BCUT2D eigenvalue weighted by Gasteiger charge is -2.46. The Labute approximate surface area is 118 Å². The first-order valence-electron chi connectivity index (χ1n) is 6.89. The van der Waals surface area contributed by atoms with Gasteiger partial charge in [-0.15, -0.1) is 0 Å². The third kappa shape index (κ3) is 2.47. The minimum Gasteiger partial charge on any atom is -0.387 e. The summed E-state index contributed by atoms with van der Waals surface area (Å²) in [5.74, 6) is -0.0752. The maximum absolute atomic E-state index is 10.2. The smallest absolute Gasteiger partial charge is 0.184 e. The van der Waals surface area contributed by atoms with Gasteiger partial charge in [-0.2, -0.15) is 0 Å². The van der Waals surface area contributed by atoms with E-state index in [-0.39, 0.29) is 18.1 Å². The Morgan fingerprint density at radius 2 is 1.95 bits per heavy atom. The number of fused-ring (bicyclic) bond motifs is 1. The van der Waals surface area contributed by atoms with E-state index in [4.69, 9.17) is 18.9 Å². The van der Waals surface area contributed by atoms with E-state index in [2.05, 4.69) is 0 Å². The number of methoxy groups -OCH3 is 1. The molecule has 0 amide bonds. The largest absolute Gasteiger partial charge is 0.387 e. The Balaban J connectivity index is 1.74. The molecule has 0 bridgehead atoms. The van der Waals surface area contributed by atoms with Gasteiger partial charge in [0.25, 0.3) is 0 Å². The fraction of sp³-hybridized carbons (Fsp3) is 0.600. The van der Waals surface area contributed by atoms with Crippen LogP contribution in [-0.2, 0) is 18.9 Å². The Morgan fingerprint density at radius 3 is 2.65 bits per heavy atom. The molecule has 0 spiro atoms. The number of aliphatic hydroxyl groups excluding tert-OH is 1. The highest BCUT2D eigenvalue weighted by atomic mass is 16.7. The van der Waals surface area contributed by atoms with Gasteiger partial charge < -0.3 is 24.1 Å². The Morgan fingerprint density at radius 1 is 1.20 bits per heavy atom. The van der Waals surface area contributed by atoms with Crippen molar-refractivity contribution in [1.82, 2.24) is 0 Å². The molecule has 2 aliphatic rings. The van der Waals surface area contributed by atoms with Crippen molar-refractivity contribution in [1.29, 1.82) is 0 Å². The summed E-state index contributed by atoms with van der Waals surface area (Å²) in [7, 11) is 1.53. The van der Waals surface area contributed by atoms with Gasteiger partial charge in [0.15, 0.2) is 12.6 Å². The molecular formula is C15H20O5. The van der Waals surface area contributed by atoms with E-state index in [1.54, 1.807) is 0 Å². The van der Waals surface area contributed by atoms with E-state index >= 15 is 0 Å². The van der Waals surface area contributed by atoms with Gasteiger partial charge in [0, 0.05) is 18.6 Å². The maximum Gasteiger partial charge on any atom is 0.184 e. The average Bonchev–Trinajstić information content (AvgIpc) is 2.51. The van der Waals surface area contributed by atoms with E-state index in [1.807, 2.05) is 37.3 Å². The summed E-state index contributed by atoms with van der Waals surface area (Å²) in [5, 5.41) is 10.2. The molecular weight excluding hydrogens is 260 g/mol. The van der Waals surface area contributed by atoms with Crippen molar-refractivity contribution in [3.63, 3.8) is 0 Å². The standard InChI is InChI=1S/C15H20O5/c1-9-12(16)15(17-2)19-11-8-18-14(20-13(9)11)10-6-4-3-5-7-10/h3-7,9,11-16H,8H2,1-2H3/t9-,11+,12-,13-,14?,15-/m0/s1. The molecule has 5 heteroatoms. The number of benzene rings is 1. The van der Waals surface area contributed by atoms with Crippen LogP contribution in [0, 0.1) is 5.92 Å². The van der Waals surface area contributed by atoms with Crippen molar-refractivity contribution in [3.05, 3.63) is 35.9 Å². The van der Waals surface area contributed by atoms with Crippen LogP contribution >= 0.6 is 0 Å². The third-order valence-electron chi connectivity index (χ3n) is 4.01. The van der Waals surface area contributed by atoms with Gasteiger partial charge in [-0.1, -0.05) is 37.3 Å². The highest BCUT2D eigenvalue weighted by Gasteiger charge is 2.47. The summed E-state index contributed by atoms with van der Waals surface area (Å²) >= 11 is 0. The molecule has 6 atom stereocenters. The zero-order chi connectivity index (χ0) is 14.1. The molecule has 2 heterocycles. The summed E-state index contributed by atoms with van der Waals surface area (Å²) in [5.41, 5.74) is 0.974. The fourth-order valence-corrected chi connectivity index (χ4v) is 2.80. The molecule has 5 nitrogen and oxygen atoms in total. The molecule has 20 heavy (non-hydrogen) atoms. The van der Waals surface area contributed by atoms with Crippen LogP contribution in [0.15, 0.2) is 30.3 Å². The lowest BCUT2D eigenvalue weighted by molar-refractivity contribution is -0.348. The molecule has 1 N–H and O–H groups in total. The van der Waals surface area contributed by atoms with E-state index in [0.717, 1.165) is 5.56 Å². The summed E-state index contributed by atoms with van der Waals surface area (Å²) in [6, 6.07) is 9.78. The lowest BCUT2D eigenvalue weighted by atomic mass is 9.90. The number of aliphatic hydroxyl groups is 1. The van der Waals surface area contributed by atoms with Crippen LogP contribution in [0.5, 0.6) is 0 Å². The highest BCUT2D eigenvalue weighted by molar-refractivity contribution is 5.16. The van der Waals surface area contributed by atoms with Crippen LogP contribution in [0.1, 0.15) is 18.8 Å². The fourth-order valence-electron chi connectivity index (χ4n) is 2.80. The lowest BCUT2D eigenvalue weighted by Crippen LogP contribution is -2.58. The van der Waals surface area contributed by atoms with Crippen molar-refractivity contribution in [3.8, 4) is 0 Å². The molecule has 1 aromatic rings. The second kappa shape index (κ2) is 5.79. The minimum absolute atomic E-state index is 0.0752. The van der Waals surface area contributed by atoms with Gasteiger partial charge in [0.2, 0.25) is 0 Å². The first-order valence-corrected chi connectivity index (χ1v) is 6.89. The molecule has 1 unspecified atom stereocenters. The molecule has 0 aromatic heterocycles. The quantitative estimate of drug-likeness (QED) is 0.889.